The lowest BCUT2D eigenvalue weighted by Crippen LogP contribution is -2.37. The lowest BCUT2D eigenvalue weighted by Gasteiger charge is -2.22. The summed E-state index contributed by atoms with van der Waals surface area (Å²) in [5.41, 5.74) is -2.40. The number of hydrogen-bond donors (Lipinski definition) is 3. The van der Waals surface area contributed by atoms with Crippen LogP contribution in [0.1, 0.15) is 35.0 Å². The maximum Gasteiger partial charge on any atom is 0.389 e. The minimum atomic E-state index is -4.44. The van der Waals surface area contributed by atoms with Crippen LogP contribution in [-0.2, 0) is 0 Å². The summed E-state index contributed by atoms with van der Waals surface area (Å²) in [5.74, 6) is -0.805. The smallest absolute Gasteiger partial charge is 0.389 e. The van der Waals surface area contributed by atoms with Gasteiger partial charge in [-0.3, -0.25) is 14.4 Å². The van der Waals surface area contributed by atoms with Crippen LogP contribution in [0.3, 0.4) is 0 Å². The van der Waals surface area contributed by atoms with Crippen molar-refractivity contribution < 1.29 is 27.5 Å². The molecule has 0 aliphatic heterocycles. The van der Waals surface area contributed by atoms with E-state index in [1.54, 1.807) is 0 Å². The minimum absolute atomic E-state index is 0.0227. The molecular weight excluding hydrogens is 511 g/mol. The third-order valence-electron chi connectivity index (χ3n) is 4.81. The summed E-state index contributed by atoms with van der Waals surface area (Å²) in [4.78, 5) is 37.8. The molecule has 3 rings (SSSR count). The number of carbonyl (C=O) groups is 1. The zero-order chi connectivity index (χ0) is 24.5. The molecule has 1 amide bonds. The monoisotopic (exact) mass is 529 g/mol. The third kappa shape index (κ3) is 5.38. The number of rotatable bonds is 8. The molecule has 3 aromatic rings. The lowest BCUT2D eigenvalue weighted by molar-refractivity contribution is -0.136. The summed E-state index contributed by atoms with van der Waals surface area (Å²) < 4.78 is 44.2. The van der Waals surface area contributed by atoms with Crippen molar-refractivity contribution >= 4 is 38.9 Å². The van der Waals surface area contributed by atoms with Crippen molar-refractivity contribution in [1.29, 1.82) is 0 Å². The Labute approximate surface area is 193 Å². The van der Waals surface area contributed by atoms with Gasteiger partial charge in [-0.2, -0.15) is 13.2 Å². The summed E-state index contributed by atoms with van der Waals surface area (Å²) in [6, 6.07) is 4.62. The fourth-order valence-electron chi connectivity index (χ4n) is 3.12. The molecule has 0 fully saturated rings. The molecule has 0 saturated carbocycles. The maximum atomic E-state index is 12.8. The quantitative estimate of drug-likeness (QED) is 0.295. The molecule has 176 valence electrons. The molecule has 1 atom stereocenters. The average Bonchev–Trinajstić information content (AvgIpc) is 3.18. The first-order chi connectivity index (χ1) is 15.4. The Hall–Kier alpha value is -3.28. The topological polar surface area (TPSA) is 112 Å². The molecule has 33 heavy (non-hydrogen) atoms. The van der Waals surface area contributed by atoms with Crippen molar-refractivity contribution in [3.05, 3.63) is 66.8 Å². The van der Waals surface area contributed by atoms with E-state index in [9.17, 15) is 32.7 Å². The van der Waals surface area contributed by atoms with Gasteiger partial charge in [0.15, 0.2) is 5.75 Å². The van der Waals surface area contributed by atoms with Gasteiger partial charge in [-0.1, -0.05) is 6.07 Å². The number of carbonyl (C=O) groups excluding carboxylic acids is 1. The molecular formula is C21H19BrF3N3O5. The molecule has 1 unspecified atom stereocenters. The summed E-state index contributed by atoms with van der Waals surface area (Å²) in [6.45, 7) is 0. The van der Waals surface area contributed by atoms with Gasteiger partial charge in [0.05, 0.1) is 21.8 Å². The fourth-order valence-corrected chi connectivity index (χ4v) is 3.44. The van der Waals surface area contributed by atoms with Crippen molar-refractivity contribution in [2.45, 2.75) is 25.1 Å². The molecule has 2 aromatic carbocycles. The second kappa shape index (κ2) is 9.30. The van der Waals surface area contributed by atoms with Crippen LogP contribution in [-0.4, -0.2) is 36.2 Å². The summed E-state index contributed by atoms with van der Waals surface area (Å²) in [6.07, 6.45) is -4.77. The highest BCUT2D eigenvalue weighted by atomic mass is 79.9. The summed E-state index contributed by atoms with van der Waals surface area (Å²) in [5, 5.41) is 15.7. The molecule has 0 aliphatic rings. The number of aromatic hydroxyl groups is 1. The second-order valence-electron chi connectivity index (χ2n) is 7.45. The summed E-state index contributed by atoms with van der Waals surface area (Å²) >= 11 is 3.15. The molecule has 0 saturated heterocycles. The Morgan fingerprint density at radius 2 is 1.88 bits per heavy atom. The largest absolute Gasteiger partial charge is 0.505 e. The molecule has 8 nitrogen and oxygen atoms in total. The lowest BCUT2D eigenvalue weighted by atomic mass is 10.1. The molecule has 1 aromatic heterocycles. The number of alkyl halides is 3. The molecule has 0 aliphatic carbocycles. The van der Waals surface area contributed by atoms with Crippen LogP contribution in [0.25, 0.3) is 0 Å². The van der Waals surface area contributed by atoms with Crippen LogP contribution in [0.4, 0.5) is 30.2 Å². The van der Waals surface area contributed by atoms with E-state index in [0.717, 1.165) is 0 Å². The van der Waals surface area contributed by atoms with Gasteiger partial charge in [0.1, 0.15) is 23.4 Å². The van der Waals surface area contributed by atoms with E-state index < -0.39 is 47.6 Å². The first kappa shape index (κ1) is 24.4. The van der Waals surface area contributed by atoms with Crippen molar-refractivity contribution in [3.63, 3.8) is 0 Å². The number of phenols is 1. The standard InChI is InChI=1S/C21H19BrF3N3O5/c1-28(2)20(32)11-4-3-5-13(17(11)29)27-16-15(18(30)19(16)31)26-12(6-7-21(23,24)25)14-8-10(22)9-33-14/h3-5,8-9,12,26-27,29H,6-7H2,1-2H3. The SMILES string of the molecule is CN(C)C(=O)c1cccc(Nc2c(NC(CCC(F)(F)F)c3cc(Br)co3)c(=O)c2=O)c1O. The Balaban J connectivity index is 1.91. The van der Waals surface area contributed by atoms with Gasteiger partial charge in [0, 0.05) is 20.5 Å². The summed E-state index contributed by atoms with van der Waals surface area (Å²) in [7, 11) is 2.99. The molecule has 0 radical (unpaired) electrons. The molecule has 0 spiro atoms. The number of nitrogens with zero attached hydrogens (tertiary/aromatic N) is 1. The molecule has 1 heterocycles. The number of phenolic OH excluding ortho intramolecular Hbond substituents is 1. The number of para-hydroxylation sites is 1. The van der Waals surface area contributed by atoms with E-state index >= 15 is 0 Å². The van der Waals surface area contributed by atoms with Crippen molar-refractivity contribution in [1.82, 2.24) is 4.90 Å². The maximum absolute atomic E-state index is 12.8. The Bertz CT molecular complexity index is 1250. The second-order valence-corrected chi connectivity index (χ2v) is 8.37. The molecule has 3 N–H and O–H groups in total. The van der Waals surface area contributed by atoms with Gasteiger partial charge in [-0.25, -0.2) is 0 Å². The predicted molar refractivity (Wildman–Crippen MR) is 119 cm³/mol. The Morgan fingerprint density at radius 1 is 1.21 bits per heavy atom. The van der Waals surface area contributed by atoms with Crippen LogP contribution < -0.4 is 21.5 Å². The predicted octanol–water partition coefficient (Wildman–Crippen LogP) is 4.28. The normalized spacial score (nSPS) is 12.5. The third-order valence-corrected chi connectivity index (χ3v) is 5.22. The van der Waals surface area contributed by atoms with E-state index in [4.69, 9.17) is 4.42 Å². The number of furan rings is 1. The van der Waals surface area contributed by atoms with E-state index in [-0.39, 0.29) is 28.4 Å². The first-order valence-electron chi connectivity index (χ1n) is 9.60. The van der Waals surface area contributed by atoms with Crippen molar-refractivity contribution in [2.24, 2.45) is 0 Å². The average molecular weight is 530 g/mol. The molecule has 0 bridgehead atoms. The first-order valence-corrected chi connectivity index (χ1v) is 10.4. The van der Waals surface area contributed by atoms with Crippen LogP contribution in [0.15, 0.2) is 49.0 Å². The highest BCUT2D eigenvalue weighted by molar-refractivity contribution is 9.10. The van der Waals surface area contributed by atoms with E-state index in [1.807, 2.05) is 0 Å². The fraction of sp³-hybridized carbons (Fsp3) is 0.286. The number of benzene rings is 1. The van der Waals surface area contributed by atoms with Crippen LogP contribution in [0.5, 0.6) is 5.75 Å². The molecule has 12 heteroatoms. The number of halogens is 4. The van der Waals surface area contributed by atoms with Crippen molar-refractivity contribution in [3.8, 4) is 5.75 Å². The number of amides is 1. The van der Waals surface area contributed by atoms with E-state index in [0.29, 0.717) is 4.47 Å². The van der Waals surface area contributed by atoms with Crippen molar-refractivity contribution in [2.75, 3.05) is 24.7 Å². The van der Waals surface area contributed by atoms with Crippen LogP contribution in [0.2, 0.25) is 0 Å². The van der Waals surface area contributed by atoms with E-state index in [1.165, 1.54) is 49.5 Å². The van der Waals surface area contributed by atoms with Gasteiger partial charge in [-0.05, 0) is 40.5 Å². The Kier molecular flexibility index (Phi) is 6.86. The highest BCUT2D eigenvalue weighted by Crippen LogP contribution is 2.35. The zero-order valence-corrected chi connectivity index (χ0v) is 19.0. The highest BCUT2D eigenvalue weighted by Gasteiger charge is 2.32. The number of nitrogens with one attached hydrogen (secondary N) is 2. The van der Waals surface area contributed by atoms with Crippen LogP contribution >= 0.6 is 15.9 Å². The Morgan fingerprint density at radius 3 is 2.45 bits per heavy atom. The van der Waals surface area contributed by atoms with Gasteiger partial charge < -0.3 is 25.1 Å². The zero-order valence-electron chi connectivity index (χ0n) is 17.4. The van der Waals surface area contributed by atoms with Gasteiger partial charge >= 0.3 is 6.18 Å². The van der Waals surface area contributed by atoms with Gasteiger partial charge in [0.2, 0.25) is 0 Å². The van der Waals surface area contributed by atoms with E-state index in [2.05, 4.69) is 26.6 Å². The number of anilines is 3. The van der Waals surface area contributed by atoms with Gasteiger partial charge in [0.25, 0.3) is 16.8 Å². The van der Waals surface area contributed by atoms with Crippen LogP contribution in [0, 0.1) is 0 Å². The minimum Gasteiger partial charge on any atom is -0.505 e. The number of hydrogen-bond acceptors (Lipinski definition) is 7. The van der Waals surface area contributed by atoms with Gasteiger partial charge in [-0.15, -0.1) is 0 Å².